The first-order valence-corrected chi connectivity index (χ1v) is 37.9. The molecule has 344 valence electrons. The average molecular weight is 976 g/mol. The maximum atomic E-state index is 10.6. The second-order valence-corrected chi connectivity index (χ2v) is 44.6. The molecule has 1 aliphatic carbocycles. The van der Waals surface area contributed by atoms with E-state index in [4.69, 9.17) is 53.8 Å². The van der Waals surface area contributed by atoms with Crippen molar-refractivity contribution >= 4 is 70.7 Å². The second-order valence-electron chi connectivity index (χ2n) is 21.1. The monoisotopic (exact) mass is 974 g/mol. The molecule has 2 N–H and O–H groups in total. The van der Waals surface area contributed by atoms with Crippen LogP contribution >= 0.6 is 0 Å². The minimum absolute atomic E-state index is 0.0435. The average Bonchev–Trinajstić information content (AvgIpc) is 2.96. The van der Waals surface area contributed by atoms with Gasteiger partial charge in [-0.05, 0) is 73.0 Å². The molecule has 0 spiro atoms. The molecule has 0 amide bonds. The third kappa shape index (κ3) is 11.8. The van der Waals surface area contributed by atoms with Crippen molar-refractivity contribution in [3.8, 4) is 0 Å². The quantitative estimate of drug-likeness (QED) is 0.128. The fourth-order valence-corrected chi connectivity index (χ4v) is 59.2. The molecule has 0 aromatic heterocycles. The third-order valence-corrected chi connectivity index (χ3v) is 49.8. The highest BCUT2D eigenvalue weighted by Gasteiger charge is 2.84. The van der Waals surface area contributed by atoms with E-state index >= 15 is 0 Å². The van der Waals surface area contributed by atoms with Crippen LogP contribution in [0.25, 0.3) is 0 Å². The summed E-state index contributed by atoms with van der Waals surface area (Å²) in [7, 11) is -32.7. The van der Waals surface area contributed by atoms with Crippen LogP contribution in [0.1, 0.15) is 123 Å². The highest BCUT2D eigenvalue weighted by Crippen LogP contribution is 2.55. The van der Waals surface area contributed by atoms with Crippen LogP contribution in [0.5, 0.6) is 0 Å². The lowest BCUT2D eigenvalue weighted by Gasteiger charge is -2.63. The minimum atomic E-state index is -4.52. The van der Waals surface area contributed by atoms with Gasteiger partial charge in [-0.25, -0.2) is 0 Å². The van der Waals surface area contributed by atoms with Gasteiger partial charge in [0, 0.05) is 48.9 Å². The molecular formula is C36H78O15Si8. The van der Waals surface area contributed by atoms with Crippen molar-refractivity contribution in [1.29, 1.82) is 0 Å². The Labute approximate surface area is 364 Å². The molecule has 8 bridgehead atoms. The molecular weight excluding hydrogens is 897 g/mol. The van der Waals surface area contributed by atoms with Crippen LogP contribution in [0, 0.1) is 47.3 Å². The normalized spacial score (nSPS) is 43.7. The smallest absolute Gasteiger partial charge is 0.390 e. The molecule has 6 heterocycles. The summed E-state index contributed by atoms with van der Waals surface area (Å²) < 4.78 is 99.8. The van der Waals surface area contributed by atoms with Crippen LogP contribution in [0.3, 0.4) is 0 Å². The second kappa shape index (κ2) is 18.4. The van der Waals surface area contributed by atoms with E-state index in [2.05, 4.69) is 96.9 Å². The first-order chi connectivity index (χ1) is 27.3. The van der Waals surface area contributed by atoms with E-state index in [-0.39, 0.29) is 54.0 Å². The Bertz CT molecular complexity index is 1280. The summed E-state index contributed by atoms with van der Waals surface area (Å²) in [5.41, 5.74) is 0. The van der Waals surface area contributed by atoms with Gasteiger partial charge < -0.3 is 64.0 Å². The lowest BCUT2D eigenvalue weighted by molar-refractivity contribution is -0.0646. The van der Waals surface area contributed by atoms with E-state index in [1.807, 2.05) is 0 Å². The molecule has 0 radical (unpaired) electrons. The highest BCUT2D eigenvalue weighted by molar-refractivity contribution is 7.02. The number of aliphatic hydroxyl groups excluding tert-OH is 2. The van der Waals surface area contributed by atoms with Crippen molar-refractivity contribution in [1.82, 2.24) is 0 Å². The fraction of sp³-hybridized carbons (Fsp3) is 1.00. The molecule has 6 aliphatic heterocycles. The van der Waals surface area contributed by atoms with Crippen LogP contribution in [-0.2, 0) is 53.8 Å². The van der Waals surface area contributed by atoms with Crippen molar-refractivity contribution in [2.24, 2.45) is 47.3 Å². The maximum absolute atomic E-state index is 10.6. The van der Waals surface area contributed by atoms with Gasteiger partial charge in [-0.15, -0.1) is 0 Å². The molecule has 23 heteroatoms. The predicted molar refractivity (Wildman–Crippen MR) is 236 cm³/mol. The molecule has 0 aromatic rings. The molecule has 0 unspecified atom stereocenters. The van der Waals surface area contributed by atoms with Crippen LogP contribution in [0.4, 0.5) is 0 Å². The van der Waals surface area contributed by atoms with Gasteiger partial charge in [0.1, 0.15) is 0 Å². The zero-order valence-corrected chi connectivity index (χ0v) is 46.5. The fourth-order valence-electron chi connectivity index (χ4n) is 9.50. The first kappa shape index (κ1) is 49.6. The Morgan fingerprint density at radius 3 is 0.881 bits per heavy atom. The van der Waals surface area contributed by atoms with Crippen LogP contribution in [0.2, 0.25) is 42.3 Å². The zero-order valence-electron chi connectivity index (χ0n) is 38.5. The molecule has 15 nitrogen and oxygen atoms in total. The molecule has 7 rings (SSSR count). The summed E-state index contributed by atoms with van der Waals surface area (Å²) in [6.45, 7) is 30.1. The van der Waals surface area contributed by atoms with E-state index in [0.717, 1.165) is 6.42 Å². The van der Waals surface area contributed by atoms with Crippen LogP contribution in [-0.4, -0.2) is 99.7 Å². The summed E-state index contributed by atoms with van der Waals surface area (Å²) in [6.07, 6.45) is 0.838. The van der Waals surface area contributed by atoms with Crippen molar-refractivity contribution in [2.45, 2.75) is 177 Å². The molecule has 7 fully saturated rings. The molecule has 1 saturated carbocycles. The predicted octanol–water partition coefficient (Wildman–Crippen LogP) is 7.78. The molecule has 59 heavy (non-hydrogen) atoms. The lowest BCUT2D eigenvalue weighted by atomic mass is 9.84. The molecule has 7 aliphatic rings. The minimum Gasteiger partial charge on any atom is -0.390 e. The summed E-state index contributed by atoms with van der Waals surface area (Å²) >= 11 is 0. The van der Waals surface area contributed by atoms with Gasteiger partial charge in [-0.3, -0.25) is 0 Å². The van der Waals surface area contributed by atoms with Gasteiger partial charge in [0.15, 0.2) is 0 Å². The topological polar surface area (TPSA) is 160 Å². The van der Waals surface area contributed by atoms with Crippen LogP contribution in [0.15, 0.2) is 0 Å². The van der Waals surface area contributed by atoms with E-state index < -0.39 is 82.9 Å². The van der Waals surface area contributed by atoms with Crippen LogP contribution < -0.4 is 0 Å². The molecule has 0 aromatic carbocycles. The number of aliphatic hydroxyl groups is 2. The van der Waals surface area contributed by atoms with Gasteiger partial charge >= 0.3 is 70.7 Å². The first-order valence-electron chi connectivity index (χ1n) is 22.7. The van der Waals surface area contributed by atoms with E-state index in [1.54, 1.807) is 0 Å². The molecule has 3 atom stereocenters. The van der Waals surface area contributed by atoms with Crippen molar-refractivity contribution in [2.75, 3.05) is 6.61 Å². The largest absolute Gasteiger partial charge is 0.657 e. The lowest BCUT2D eigenvalue weighted by Crippen LogP contribution is -2.89. The van der Waals surface area contributed by atoms with E-state index in [9.17, 15) is 10.2 Å². The van der Waals surface area contributed by atoms with Gasteiger partial charge in [0.2, 0.25) is 0 Å². The number of hydrogen-bond acceptors (Lipinski definition) is 15. The summed E-state index contributed by atoms with van der Waals surface area (Å²) in [4.78, 5) is 0. The van der Waals surface area contributed by atoms with Crippen molar-refractivity contribution in [3.05, 3.63) is 0 Å². The Morgan fingerprint density at radius 1 is 0.390 bits per heavy atom. The van der Waals surface area contributed by atoms with Crippen molar-refractivity contribution in [3.63, 3.8) is 0 Å². The number of hydrogen-bond donors (Lipinski definition) is 2. The van der Waals surface area contributed by atoms with Gasteiger partial charge in [0.05, 0.1) is 12.2 Å². The Kier molecular flexibility index (Phi) is 15.5. The van der Waals surface area contributed by atoms with Gasteiger partial charge in [-0.2, -0.15) is 0 Å². The van der Waals surface area contributed by atoms with Crippen molar-refractivity contribution < 1.29 is 64.0 Å². The van der Waals surface area contributed by atoms with E-state index in [0.29, 0.717) is 61.6 Å². The maximum Gasteiger partial charge on any atom is 0.657 e. The zero-order chi connectivity index (χ0) is 43.5. The Balaban J connectivity index is 1.66. The van der Waals surface area contributed by atoms with Gasteiger partial charge in [-0.1, -0.05) is 96.9 Å². The van der Waals surface area contributed by atoms with Gasteiger partial charge in [0.25, 0.3) is 0 Å². The summed E-state index contributed by atoms with van der Waals surface area (Å²) in [5, 5.41) is 20.9. The number of rotatable bonds is 18. The SMILES string of the molecule is CC(C)C[Si]12O[Si]3(CC(C)C)O[Si]4(CC(C)C)O[Si](CC(C)C)(O1)O[Si]1(CC(C)C)O[Si](CC(C)C)(O2)O[Si](CC(C)C)(O3)O[Si](OCC[C@@H]2CC[C@@H](O)[C@H](O)C2)(O4)O1. The summed E-state index contributed by atoms with van der Waals surface area (Å²) in [5.74, 6) is 0.582. The summed E-state index contributed by atoms with van der Waals surface area (Å²) in [6, 6.07) is 2.91. The Morgan fingerprint density at radius 2 is 0.644 bits per heavy atom. The Hall–Kier alpha value is 1.14. The van der Waals surface area contributed by atoms with E-state index in [1.165, 1.54) is 0 Å². The standard InChI is InChI=1S/C36H78O15Si8/c1-27(2)20-52-40-53(21-28(3)4)43-56(24-31(9)10)45-54(41-52,22-29(5)6)47-58(26-33(13)14)48-55(42-52,23-30(7)8)46-57(44-53,25-32(11)12)50-59(49-56,51-58)39-18-17-34-15-16-35(37)36(38)19-34/h27-38H,15-26H2,1-14H3/t34-,35+,36+,52?,53?,54?,55?,56?,57?,58?,59?/m0/s1. The third-order valence-electron chi connectivity index (χ3n) is 10.9. The highest BCUT2D eigenvalue weighted by atomic mass is 28.6. The molecule has 6 saturated heterocycles.